The Morgan fingerprint density at radius 1 is 0.966 bits per heavy atom. The van der Waals surface area contributed by atoms with Gasteiger partial charge >= 0.3 is 0 Å². The number of aromatic nitrogens is 2. The minimum atomic E-state index is -3.16. The van der Waals surface area contributed by atoms with Crippen LogP contribution in [-0.4, -0.2) is 30.3 Å². The van der Waals surface area contributed by atoms with Gasteiger partial charge in [0, 0.05) is 29.1 Å². The number of alkyl halides is 2. The maximum Gasteiger partial charge on any atom is 0.296 e. The van der Waals surface area contributed by atoms with E-state index in [-0.39, 0.29) is 12.2 Å². The van der Waals surface area contributed by atoms with Gasteiger partial charge in [-0.2, -0.15) is 8.78 Å². The Bertz CT molecular complexity index is 1000. The van der Waals surface area contributed by atoms with Crippen LogP contribution in [0.3, 0.4) is 0 Å². The minimum Gasteiger partial charge on any atom is -0.481 e. The van der Waals surface area contributed by atoms with E-state index in [1.165, 1.54) is 31.4 Å². The molecule has 148 valence electrons. The van der Waals surface area contributed by atoms with E-state index in [4.69, 9.17) is 20.6 Å². The van der Waals surface area contributed by atoms with E-state index in [1.807, 2.05) is 12.1 Å². The second-order valence-corrected chi connectivity index (χ2v) is 5.94. The van der Waals surface area contributed by atoms with Gasteiger partial charge in [0.2, 0.25) is 11.8 Å². The summed E-state index contributed by atoms with van der Waals surface area (Å²) in [6, 6.07) is 12.6. The molecular formula is C22H18F2N2O3. The summed E-state index contributed by atoms with van der Waals surface area (Å²) in [6.07, 6.45) is 8.20. The molecular weight excluding hydrogens is 378 g/mol. The highest BCUT2D eigenvalue weighted by Crippen LogP contribution is 2.36. The summed E-state index contributed by atoms with van der Waals surface area (Å²) in [4.78, 5) is 8.43. The van der Waals surface area contributed by atoms with Crippen LogP contribution < -0.4 is 9.47 Å². The fraction of sp³-hybridized carbons (Fsp3) is 0.182. The van der Waals surface area contributed by atoms with Crippen molar-refractivity contribution in [2.45, 2.75) is 5.92 Å². The normalized spacial score (nSPS) is 11.0. The molecule has 0 saturated heterocycles. The second kappa shape index (κ2) is 9.13. The minimum absolute atomic E-state index is 0.170. The number of benzene rings is 1. The molecule has 2 heterocycles. The van der Waals surface area contributed by atoms with Crippen molar-refractivity contribution < 1.29 is 23.0 Å². The van der Waals surface area contributed by atoms with E-state index in [9.17, 15) is 8.78 Å². The van der Waals surface area contributed by atoms with Crippen molar-refractivity contribution in [3.63, 3.8) is 0 Å². The van der Waals surface area contributed by atoms with E-state index in [0.29, 0.717) is 28.6 Å². The second-order valence-electron chi connectivity index (χ2n) is 5.94. The molecule has 0 saturated carbocycles. The van der Waals surface area contributed by atoms with Gasteiger partial charge in [-0.25, -0.2) is 9.97 Å². The van der Waals surface area contributed by atoms with E-state index < -0.39 is 12.5 Å². The predicted molar refractivity (Wildman–Crippen MR) is 104 cm³/mol. The van der Waals surface area contributed by atoms with E-state index in [2.05, 4.69) is 15.9 Å². The van der Waals surface area contributed by atoms with Crippen molar-refractivity contribution >= 4 is 0 Å². The lowest BCUT2D eigenvalue weighted by molar-refractivity contribution is -0.0761. The van der Waals surface area contributed by atoms with Gasteiger partial charge in [0.25, 0.3) is 5.92 Å². The summed E-state index contributed by atoms with van der Waals surface area (Å²) in [5.41, 5.74) is 1.17. The fourth-order valence-corrected chi connectivity index (χ4v) is 2.64. The largest absolute Gasteiger partial charge is 0.481 e. The third-order valence-electron chi connectivity index (χ3n) is 3.99. The van der Waals surface area contributed by atoms with Crippen molar-refractivity contribution in [3.05, 3.63) is 66.5 Å². The summed E-state index contributed by atoms with van der Waals surface area (Å²) in [6.45, 7) is -0.959. The maximum absolute atomic E-state index is 14.1. The van der Waals surface area contributed by atoms with Crippen LogP contribution >= 0.6 is 0 Å². The highest BCUT2D eigenvalue weighted by atomic mass is 19.3. The zero-order valence-corrected chi connectivity index (χ0v) is 15.6. The SMILES string of the molecule is C#CCOCC(F)(F)c1ccc(Oc2ncccc2-c2cccnc2OC)cc1. The third kappa shape index (κ3) is 4.86. The number of ether oxygens (including phenoxy) is 3. The Morgan fingerprint density at radius 2 is 1.59 bits per heavy atom. The Labute approximate surface area is 167 Å². The molecule has 0 aliphatic rings. The van der Waals surface area contributed by atoms with E-state index >= 15 is 0 Å². The van der Waals surface area contributed by atoms with Gasteiger partial charge in [-0.1, -0.05) is 5.92 Å². The van der Waals surface area contributed by atoms with E-state index in [0.717, 1.165) is 0 Å². The molecule has 3 rings (SSSR count). The molecule has 0 fully saturated rings. The number of terminal acetylenes is 1. The average molecular weight is 396 g/mol. The average Bonchev–Trinajstić information content (AvgIpc) is 2.75. The molecule has 0 aliphatic carbocycles. The number of pyridine rings is 2. The van der Waals surface area contributed by atoms with Gasteiger partial charge in [-0.3, -0.25) is 0 Å². The molecule has 0 atom stereocenters. The lowest BCUT2D eigenvalue weighted by Crippen LogP contribution is -2.21. The Morgan fingerprint density at radius 3 is 2.21 bits per heavy atom. The lowest BCUT2D eigenvalue weighted by Gasteiger charge is -2.17. The van der Waals surface area contributed by atoms with Crippen LogP contribution in [0.15, 0.2) is 60.9 Å². The molecule has 0 bridgehead atoms. The first-order chi connectivity index (χ1) is 14.0. The van der Waals surface area contributed by atoms with Crippen LogP contribution in [0.4, 0.5) is 8.78 Å². The first-order valence-electron chi connectivity index (χ1n) is 8.67. The third-order valence-corrected chi connectivity index (χ3v) is 3.99. The quantitative estimate of drug-likeness (QED) is 0.409. The topological polar surface area (TPSA) is 53.5 Å². The molecule has 0 amide bonds. The number of hydrogen-bond donors (Lipinski definition) is 0. The predicted octanol–water partition coefficient (Wildman–Crippen LogP) is 4.69. The molecule has 0 radical (unpaired) electrons. The molecule has 7 heteroatoms. The standard InChI is InChI=1S/C22H18F2N2O3/c1-3-14-28-15-22(23,24)16-8-10-17(11-9-16)29-21-19(7-5-13-26-21)18-6-4-12-25-20(18)27-2/h1,4-13H,14-15H2,2H3. The Kier molecular flexibility index (Phi) is 6.37. The van der Waals surface area contributed by atoms with Crippen molar-refractivity contribution in [3.8, 4) is 41.0 Å². The molecule has 0 N–H and O–H groups in total. The highest BCUT2D eigenvalue weighted by Gasteiger charge is 2.31. The maximum atomic E-state index is 14.1. The Balaban J connectivity index is 1.82. The first-order valence-corrected chi connectivity index (χ1v) is 8.67. The number of halogens is 2. The van der Waals surface area contributed by atoms with Gasteiger partial charge in [0.05, 0.1) is 7.11 Å². The molecule has 29 heavy (non-hydrogen) atoms. The van der Waals surface area contributed by atoms with Crippen LogP contribution in [0.2, 0.25) is 0 Å². The molecule has 0 spiro atoms. The summed E-state index contributed by atoms with van der Waals surface area (Å²) < 4.78 is 44.2. The van der Waals surface area contributed by atoms with Gasteiger partial charge < -0.3 is 14.2 Å². The van der Waals surface area contributed by atoms with Gasteiger partial charge in [0.15, 0.2) is 0 Å². The Hall–Kier alpha value is -3.50. The van der Waals surface area contributed by atoms with Crippen molar-refractivity contribution in [1.82, 2.24) is 9.97 Å². The first kappa shape index (κ1) is 20.2. The zero-order chi connectivity index (χ0) is 20.7. The molecule has 2 aromatic heterocycles. The van der Waals surface area contributed by atoms with Gasteiger partial charge in [0.1, 0.15) is 19.0 Å². The smallest absolute Gasteiger partial charge is 0.296 e. The zero-order valence-electron chi connectivity index (χ0n) is 15.6. The van der Waals surface area contributed by atoms with Crippen LogP contribution in [-0.2, 0) is 10.7 Å². The van der Waals surface area contributed by atoms with Crippen LogP contribution in [0.1, 0.15) is 5.56 Å². The van der Waals surface area contributed by atoms with Crippen LogP contribution in [0.5, 0.6) is 17.5 Å². The molecule has 3 aromatic rings. The monoisotopic (exact) mass is 396 g/mol. The van der Waals surface area contributed by atoms with Gasteiger partial charge in [-0.05, 0) is 48.5 Å². The number of hydrogen-bond acceptors (Lipinski definition) is 5. The number of rotatable bonds is 8. The molecule has 0 unspecified atom stereocenters. The fourth-order valence-electron chi connectivity index (χ4n) is 2.64. The van der Waals surface area contributed by atoms with Crippen LogP contribution in [0.25, 0.3) is 11.1 Å². The van der Waals surface area contributed by atoms with E-state index in [1.54, 1.807) is 24.5 Å². The molecule has 5 nitrogen and oxygen atoms in total. The number of nitrogens with zero attached hydrogens (tertiary/aromatic N) is 2. The van der Waals surface area contributed by atoms with Gasteiger partial charge in [-0.15, -0.1) is 6.42 Å². The van der Waals surface area contributed by atoms with Crippen LogP contribution in [0, 0.1) is 12.3 Å². The lowest BCUT2D eigenvalue weighted by atomic mass is 10.1. The highest BCUT2D eigenvalue weighted by molar-refractivity contribution is 5.73. The number of methoxy groups -OCH3 is 1. The van der Waals surface area contributed by atoms with Crippen molar-refractivity contribution in [2.75, 3.05) is 20.3 Å². The summed E-state index contributed by atoms with van der Waals surface area (Å²) in [7, 11) is 1.52. The summed E-state index contributed by atoms with van der Waals surface area (Å²) in [5.74, 6) is 0.0843. The molecule has 0 aliphatic heterocycles. The summed E-state index contributed by atoms with van der Waals surface area (Å²) in [5, 5.41) is 0. The summed E-state index contributed by atoms with van der Waals surface area (Å²) >= 11 is 0. The van der Waals surface area contributed by atoms with Crippen molar-refractivity contribution in [2.24, 2.45) is 0 Å². The molecule has 1 aromatic carbocycles. The van der Waals surface area contributed by atoms with Crippen molar-refractivity contribution in [1.29, 1.82) is 0 Å².